The van der Waals surface area contributed by atoms with E-state index < -0.39 is 17.9 Å². The van der Waals surface area contributed by atoms with E-state index in [9.17, 15) is 14.4 Å². The summed E-state index contributed by atoms with van der Waals surface area (Å²) in [5.74, 6) is -1.47. The van der Waals surface area contributed by atoms with E-state index >= 15 is 0 Å². The summed E-state index contributed by atoms with van der Waals surface area (Å²) in [6.07, 6.45) is 0. The summed E-state index contributed by atoms with van der Waals surface area (Å²) >= 11 is 0. The molecule has 3 aromatic carbocycles. The zero-order valence-electron chi connectivity index (χ0n) is 23.9. The van der Waals surface area contributed by atoms with E-state index in [-0.39, 0.29) is 11.6 Å². The second-order valence-electron chi connectivity index (χ2n) is 8.41. The molecule has 10 nitrogen and oxygen atoms in total. The first-order chi connectivity index (χ1) is 20.0. The number of aromatic amines is 2. The van der Waals surface area contributed by atoms with Crippen LogP contribution in [-0.2, 0) is 0 Å². The third kappa shape index (κ3) is 6.39. The minimum absolute atomic E-state index is 0.231. The van der Waals surface area contributed by atoms with E-state index in [1.807, 2.05) is 107 Å². The Morgan fingerprint density at radius 2 is 1.07 bits per heavy atom. The molecule has 0 saturated carbocycles. The van der Waals surface area contributed by atoms with Crippen LogP contribution in [0.4, 0.5) is 4.79 Å². The van der Waals surface area contributed by atoms with Crippen LogP contribution in [0, 0.1) is 0 Å². The zero-order chi connectivity index (χ0) is 29.9. The van der Waals surface area contributed by atoms with E-state index in [0.29, 0.717) is 16.8 Å². The molecule has 5 rings (SSSR count). The minimum Gasteiger partial charge on any atom is -0.350 e. The maximum absolute atomic E-state index is 13.3. The van der Waals surface area contributed by atoms with E-state index in [1.165, 1.54) is 0 Å². The summed E-state index contributed by atoms with van der Waals surface area (Å²) in [6, 6.07) is 23.9. The highest BCUT2D eigenvalue weighted by atomic mass is 16.2. The number of para-hydroxylation sites is 2. The molecule has 0 radical (unpaired) electrons. The number of carbonyl (C=O) groups is 3. The topological polar surface area (TPSA) is 157 Å². The van der Waals surface area contributed by atoms with Crippen molar-refractivity contribution in [2.45, 2.75) is 33.6 Å². The number of aromatic nitrogens is 2. The number of H-pyrrole nitrogens is 2. The molecule has 214 valence electrons. The molecule has 0 spiro atoms. The monoisotopic (exact) mass is 555 g/mol. The van der Waals surface area contributed by atoms with Crippen LogP contribution in [0.3, 0.4) is 0 Å². The molecule has 1 atom stereocenters. The van der Waals surface area contributed by atoms with Gasteiger partial charge in [-0.05, 0) is 17.7 Å². The molecule has 41 heavy (non-hydrogen) atoms. The number of rotatable bonds is 6. The molecule has 0 saturated heterocycles. The highest BCUT2D eigenvalue weighted by Crippen LogP contribution is 2.42. The molecular weight excluding hydrogens is 518 g/mol. The number of nitrogens with one attached hydrogen (secondary N) is 6. The quantitative estimate of drug-likeness (QED) is 0.146. The van der Waals surface area contributed by atoms with Gasteiger partial charge in [-0.15, -0.1) is 0 Å². The Balaban J connectivity index is 0.00000111. The van der Waals surface area contributed by atoms with E-state index in [4.69, 9.17) is 5.73 Å². The van der Waals surface area contributed by atoms with Crippen molar-refractivity contribution < 1.29 is 14.4 Å². The van der Waals surface area contributed by atoms with Crippen LogP contribution >= 0.6 is 0 Å². The summed E-state index contributed by atoms with van der Waals surface area (Å²) < 4.78 is 0. The molecule has 0 aliphatic heterocycles. The maximum Gasteiger partial charge on any atom is 0.330 e. The number of hydrogen-bond acceptors (Lipinski definition) is 4. The number of hydrazine groups is 2. The molecule has 0 bridgehead atoms. The molecule has 4 amide bonds. The molecule has 10 heteroatoms. The highest BCUT2D eigenvalue weighted by molar-refractivity contribution is 6.05. The number of carbonyl (C=O) groups excluding carboxylic acids is 3. The van der Waals surface area contributed by atoms with Crippen molar-refractivity contribution in [3.05, 3.63) is 107 Å². The number of amides is 4. The first-order valence-corrected chi connectivity index (χ1v) is 13.6. The van der Waals surface area contributed by atoms with Gasteiger partial charge in [0.05, 0.1) is 0 Å². The van der Waals surface area contributed by atoms with Gasteiger partial charge in [-0.3, -0.25) is 20.4 Å². The van der Waals surface area contributed by atoms with Crippen molar-refractivity contribution >= 4 is 39.7 Å². The van der Waals surface area contributed by atoms with E-state index in [0.717, 1.165) is 27.4 Å². The summed E-state index contributed by atoms with van der Waals surface area (Å²) in [6.45, 7) is 8.00. The number of nitrogens with two attached hydrogens (primary N) is 1. The van der Waals surface area contributed by atoms with Gasteiger partial charge >= 0.3 is 6.03 Å². The van der Waals surface area contributed by atoms with Gasteiger partial charge in [-0.2, -0.15) is 0 Å². The van der Waals surface area contributed by atoms with Crippen LogP contribution in [0.15, 0.2) is 78.9 Å². The average Bonchev–Trinajstić information content (AvgIpc) is 3.59. The highest BCUT2D eigenvalue weighted by Gasteiger charge is 2.32. The Bertz CT molecular complexity index is 1620. The SMILES string of the molecule is CC.CC.CNNC(=O)c1[nH]c2ccccc2c1C(c1ccccc1)c1c(C(=O)NNC(N)=O)[nH]c2ccccc12. The number of benzene rings is 3. The van der Waals surface area contributed by atoms with E-state index in [2.05, 4.69) is 31.7 Å². The fourth-order valence-electron chi connectivity index (χ4n) is 4.77. The lowest BCUT2D eigenvalue weighted by atomic mass is 9.81. The molecule has 2 heterocycles. The number of primary amides is 1. The Labute approximate surface area is 239 Å². The van der Waals surface area contributed by atoms with Crippen molar-refractivity contribution in [1.29, 1.82) is 0 Å². The Kier molecular flexibility index (Phi) is 10.7. The summed E-state index contributed by atoms with van der Waals surface area (Å²) in [7, 11) is 1.61. The van der Waals surface area contributed by atoms with Crippen molar-refractivity contribution in [2.75, 3.05) is 7.05 Å². The van der Waals surface area contributed by atoms with Crippen molar-refractivity contribution in [3.63, 3.8) is 0 Å². The van der Waals surface area contributed by atoms with Gasteiger partial charge in [-0.1, -0.05) is 94.4 Å². The first kappa shape index (κ1) is 30.5. The van der Waals surface area contributed by atoms with Gasteiger partial charge in [0.1, 0.15) is 11.4 Å². The lowest BCUT2D eigenvalue weighted by molar-refractivity contribution is 0.0926. The predicted molar refractivity (Wildman–Crippen MR) is 163 cm³/mol. The third-order valence-corrected chi connectivity index (χ3v) is 6.19. The van der Waals surface area contributed by atoms with Gasteiger partial charge in [0, 0.05) is 45.9 Å². The molecule has 0 aliphatic rings. The van der Waals surface area contributed by atoms with Crippen molar-refractivity contribution in [2.24, 2.45) is 5.73 Å². The predicted octanol–water partition coefficient (Wildman–Crippen LogP) is 5.06. The fourth-order valence-corrected chi connectivity index (χ4v) is 4.77. The molecular formula is C31H37N7O3. The van der Waals surface area contributed by atoms with Crippen LogP contribution in [-0.4, -0.2) is 34.9 Å². The molecule has 0 aliphatic carbocycles. The lowest BCUT2D eigenvalue weighted by Gasteiger charge is -2.21. The molecule has 8 N–H and O–H groups in total. The summed E-state index contributed by atoms with van der Waals surface area (Å²) in [4.78, 5) is 44.3. The lowest BCUT2D eigenvalue weighted by Crippen LogP contribution is -2.44. The standard InChI is InChI=1S/C27H25N7O3.2C2H6/c1-29-32-25(35)23-21(16-11-5-7-13-18(16)30-23)20(15-9-3-2-4-10-15)22-17-12-6-8-14-19(17)31-24(22)26(36)33-34-27(28)37;2*1-2/h2-14,20,29-31H,1H3,(H,32,35)(H,33,36)(H3,28,34,37);2*1-2H3. The summed E-state index contributed by atoms with van der Waals surface area (Å²) in [5.41, 5.74) is 19.3. The summed E-state index contributed by atoms with van der Waals surface area (Å²) in [5, 5.41) is 1.63. The molecule has 1 unspecified atom stereocenters. The van der Waals surface area contributed by atoms with Crippen LogP contribution < -0.4 is 27.4 Å². The van der Waals surface area contributed by atoms with Gasteiger partial charge in [0.25, 0.3) is 11.8 Å². The molecule has 5 aromatic rings. The molecule has 2 aromatic heterocycles. The van der Waals surface area contributed by atoms with E-state index in [1.54, 1.807) is 7.05 Å². The van der Waals surface area contributed by atoms with Crippen LogP contribution in [0.1, 0.15) is 71.3 Å². The second kappa shape index (κ2) is 14.3. The zero-order valence-corrected chi connectivity index (χ0v) is 23.9. The number of fused-ring (bicyclic) bond motifs is 2. The Morgan fingerprint density at radius 3 is 1.54 bits per heavy atom. The van der Waals surface area contributed by atoms with Gasteiger partial charge in [-0.25, -0.2) is 15.6 Å². The second-order valence-corrected chi connectivity index (χ2v) is 8.41. The van der Waals surface area contributed by atoms with Gasteiger partial charge in [0.15, 0.2) is 0 Å². The van der Waals surface area contributed by atoms with Crippen molar-refractivity contribution in [3.8, 4) is 0 Å². The van der Waals surface area contributed by atoms with Crippen LogP contribution in [0.5, 0.6) is 0 Å². The number of hydrogen-bond donors (Lipinski definition) is 7. The minimum atomic E-state index is -0.895. The van der Waals surface area contributed by atoms with Gasteiger partial charge < -0.3 is 15.7 Å². The normalized spacial score (nSPS) is 11.0. The smallest absolute Gasteiger partial charge is 0.330 e. The van der Waals surface area contributed by atoms with Crippen LogP contribution in [0.2, 0.25) is 0 Å². The Hall–Kier alpha value is -5.09. The maximum atomic E-state index is 13.3. The largest absolute Gasteiger partial charge is 0.350 e. The Morgan fingerprint density at radius 1 is 0.634 bits per heavy atom. The fraction of sp³-hybridized carbons (Fsp3) is 0.194. The van der Waals surface area contributed by atoms with Gasteiger partial charge in [0.2, 0.25) is 0 Å². The average molecular weight is 556 g/mol. The first-order valence-electron chi connectivity index (χ1n) is 13.6. The van der Waals surface area contributed by atoms with Crippen LogP contribution in [0.25, 0.3) is 21.8 Å². The number of urea groups is 1. The van der Waals surface area contributed by atoms with Crippen molar-refractivity contribution in [1.82, 2.24) is 31.7 Å². The third-order valence-electron chi connectivity index (χ3n) is 6.19. The molecule has 0 fully saturated rings.